The van der Waals surface area contributed by atoms with Gasteiger partial charge in [-0.25, -0.2) is 12.8 Å². The van der Waals surface area contributed by atoms with Gasteiger partial charge in [0.1, 0.15) is 15.6 Å². The van der Waals surface area contributed by atoms with E-state index in [-0.39, 0.29) is 27.5 Å². The molecule has 0 radical (unpaired) electrons. The minimum atomic E-state index is -3.76. The van der Waals surface area contributed by atoms with Crippen molar-refractivity contribution in [1.29, 1.82) is 0 Å². The summed E-state index contributed by atoms with van der Waals surface area (Å²) in [4.78, 5) is 15.3. The Morgan fingerprint density at radius 2 is 1.61 bits per heavy atom. The van der Waals surface area contributed by atoms with Gasteiger partial charge in [0.25, 0.3) is 5.91 Å². The Balaban J connectivity index is 1.43. The molecule has 9 heteroatoms. The zero-order valence-corrected chi connectivity index (χ0v) is 19.1. The molecule has 1 N–H and O–H groups in total. The standard InChI is InChI=1S/C22H28FN3O3S2/c23-17-7-9-19(10-8-17)25-12-14-26(15-13-25)31(28,29)20-11-16-30-21(20)22(27)24-18-5-3-1-2-4-6-18/h7-11,16,18H,1-6,12-15H2,(H,24,27). The van der Waals surface area contributed by atoms with Crippen LogP contribution < -0.4 is 10.2 Å². The molecular weight excluding hydrogens is 437 g/mol. The number of halogens is 1. The van der Waals surface area contributed by atoms with Crippen LogP contribution in [0.2, 0.25) is 0 Å². The van der Waals surface area contributed by atoms with Crippen LogP contribution in [0, 0.1) is 5.82 Å². The van der Waals surface area contributed by atoms with Crippen LogP contribution >= 0.6 is 11.3 Å². The van der Waals surface area contributed by atoms with E-state index in [2.05, 4.69) is 5.32 Å². The van der Waals surface area contributed by atoms with E-state index in [0.29, 0.717) is 26.2 Å². The molecule has 0 bridgehead atoms. The lowest BCUT2D eigenvalue weighted by molar-refractivity contribution is 0.0934. The van der Waals surface area contributed by atoms with Crippen molar-refractivity contribution in [2.45, 2.75) is 49.5 Å². The first-order valence-electron chi connectivity index (χ1n) is 10.8. The maximum atomic E-state index is 13.3. The summed E-state index contributed by atoms with van der Waals surface area (Å²) in [5.74, 6) is -0.581. The van der Waals surface area contributed by atoms with Crippen molar-refractivity contribution < 1.29 is 17.6 Å². The molecule has 0 spiro atoms. The van der Waals surface area contributed by atoms with Gasteiger partial charge in [0.2, 0.25) is 10.0 Å². The first kappa shape index (κ1) is 22.2. The summed E-state index contributed by atoms with van der Waals surface area (Å²) in [6.07, 6.45) is 6.47. The van der Waals surface area contributed by atoms with Gasteiger partial charge in [-0.3, -0.25) is 4.79 Å². The summed E-state index contributed by atoms with van der Waals surface area (Å²) >= 11 is 1.18. The molecule has 1 amide bonds. The predicted octanol–water partition coefficient (Wildman–Crippen LogP) is 3.85. The number of hydrogen-bond donors (Lipinski definition) is 1. The van der Waals surface area contributed by atoms with Crippen LogP contribution in [0.4, 0.5) is 10.1 Å². The summed E-state index contributed by atoms with van der Waals surface area (Å²) in [7, 11) is -3.76. The zero-order chi connectivity index (χ0) is 21.8. The number of nitrogens with one attached hydrogen (secondary N) is 1. The molecule has 0 atom stereocenters. The number of sulfonamides is 1. The Morgan fingerprint density at radius 3 is 2.26 bits per heavy atom. The molecule has 1 saturated heterocycles. The van der Waals surface area contributed by atoms with Crippen molar-refractivity contribution in [3.63, 3.8) is 0 Å². The quantitative estimate of drug-likeness (QED) is 0.681. The number of hydrogen-bond acceptors (Lipinski definition) is 5. The molecule has 1 saturated carbocycles. The number of carbonyl (C=O) groups is 1. The third-order valence-electron chi connectivity index (χ3n) is 6.07. The lowest BCUT2D eigenvalue weighted by Gasteiger charge is -2.35. The highest BCUT2D eigenvalue weighted by atomic mass is 32.2. The molecule has 168 valence electrons. The van der Waals surface area contributed by atoms with E-state index in [0.717, 1.165) is 31.4 Å². The summed E-state index contributed by atoms with van der Waals surface area (Å²) in [6, 6.07) is 7.87. The molecule has 2 aliphatic rings. The van der Waals surface area contributed by atoms with Gasteiger partial charge < -0.3 is 10.2 Å². The Kier molecular flexibility index (Phi) is 6.93. The summed E-state index contributed by atoms with van der Waals surface area (Å²) in [6.45, 7) is 1.66. The van der Waals surface area contributed by atoms with Gasteiger partial charge in [0.15, 0.2) is 0 Å². The van der Waals surface area contributed by atoms with Crippen LogP contribution in [0.15, 0.2) is 40.6 Å². The second-order valence-corrected chi connectivity index (χ2v) is 11.0. The van der Waals surface area contributed by atoms with Gasteiger partial charge >= 0.3 is 0 Å². The van der Waals surface area contributed by atoms with E-state index in [1.807, 2.05) is 4.90 Å². The number of benzene rings is 1. The molecule has 1 aromatic carbocycles. The highest BCUT2D eigenvalue weighted by Gasteiger charge is 2.33. The number of amides is 1. The first-order valence-corrected chi connectivity index (χ1v) is 13.2. The molecule has 1 aliphatic heterocycles. The summed E-state index contributed by atoms with van der Waals surface area (Å²) in [5.41, 5.74) is 0.873. The fourth-order valence-corrected chi connectivity index (χ4v) is 7.04. The smallest absolute Gasteiger partial charge is 0.262 e. The monoisotopic (exact) mass is 465 g/mol. The van der Waals surface area contributed by atoms with E-state index in [1.165, 1.54) is 46.7 Å². The van der Waals surface area contributed by atoms with E-state index in [1.54, 1.807) is 17.5 Å². The molecule has 2 fully saturated rings. The van der Waals surface area contributed by atoms with Crippen LogP contribution in [0.1, 0.15) is 48.2 Å². The van der Waals surface area contributed by atoms with Crippen molar-refractivity contribution in [1.82, 2.24) is 9.62 Å². The van der Waals surface area contributed by atoms with Crippen molar-refractivity contribution >= 4 is 33.0 Å². The minimum absolute atomic E-state index is 0.0962. The number of thiophene rings is 1. The van der Waals surface area contributed by atoms with Crippen molar-refractivity contribution in [2.75, 3.05) is 31.1 Å². The fourth-order valence-electron chi connectivity index (χ4n) is 4.32. The summed E-state index contributed by atoms with van der Waals surface area (Å²) < 4.78 is 41.2. The average molecular weight is 466 g/mol. The number of carbonyl (C=O) groups excluding carboxylic acids is 1. The van der Waals surface area contributed by atoms with Crippen LogP contribution in [0.25, 0.3) is 0 Å². The van der Waals surface area contributed by atoms with E-state index < -0.39 is 10.0 Å². The van der Waals surface area contributed by atoms with Gasteiger partial charge in [0.05, 0.1) is 0 Å². The first-order chi connectivity index (χ1) is 14.9. The molecule has 2 heterocycles. The Labute approximate surface area is 187 Å². The van der Waals surface area contributed by atoms with E-state index in [4.69, 9.17) is 0 Å². The molecule has 31 heavy (non-hydrogen) atoms. The number of nitrogens with zero attached hydrogens (tertiary/aromatic N) is 2. The topological polar surface area (TPSA) is 69.7 Å². The second-order valence-electron chi connectivity index (χ2n) is 8.14. The molecule has 2 aromatic rings. The maximum Gasteiger partial charge on any atom is 0.262 e. The Bertz CT molecular complexity index is 991. The van der Waals surface area contributed by atoms with E-state index in [9.17, 15) is 17.6 Å². The highest BCUT2D eigenvalue weighted by molar-refractivity contribution is 7.89. The molecule has 1 aromatic heterocycles. The third-order valence-corrected chi connectivity index (χ3v) is 9.06. The average Bonchev–Trinajstić information content (AvgIpc) is 3.15. The van der Waals surface area contributed by atoms with Gasteiger partial charge in [0, 0.05) is 37.9 Å². The number of rotatable bonds is 5. The third kappa shape index (κ3) is 5.10. The van der Waals surface area contributed by atoms with Crippen LogP contribution in [0.5, 0.6) is 0 Å². The number of piperazine rings is 1. The highest BCUT2D eigenvalue weighted by Crippen LogP contribution is 2.28. The number of anilines is 1. The normalized spacial score (nSPS) is 19.2. The lowest BCUT2D eigenvalue weighted by Crippen LogP contribution is -2.49. The lowest BCUT2D eigenvalue weighted by atomic mass is 10.1. The van der Waals surface area contributed by atoms with Crippen molar-refractivity contribution in [3.05, 3.63) is 46.4 Å². The molecule has 1 aliphatic carbocycles. The van der Waals surface area contributed by atoms with Crippen LogP contribution in [-0.2, 0) is 10.0 Å². The van der Waals surface area contributed by atoms with Gasteiger partial charge in [-0.15, -0.1) is 11.3 Å². The zero-order valence-electron chi connectivity index (χ0n) is 17.4. The minimum Gasteiger partial charge on any atom is -0.369 e. The largest absolute Gasteiger partial charge is 0.369 e. The maximum absolute atomic E-state index is 13.3. The second kappa shape index (κ2) is 9.67. The molecule has 6 nitrogen and oxygen atoms in total. The SMILES string of the molecule is O=C(NC1CCCCCC1)c1sccc1S(=O)(=O)N1CCN(c2ccc(F)cc2)CC1. The van der Waals surface area contributed by atoms with Gasteiger partial charge in [-0.2, -0.15) is 4.31 Å². The van der Waals surface area contributed by atoms with Crippen molar-refractivity contribution in [2.24, 2.45) is 0 Å². The molecule has 4 rings (SSSR count). The Morgan fingerprint density at radius 1 is 0.968 bits per heavy atom. The van der Waals surface area contributed by atoms with Crippen molar-refractivity contribution in [3.8, 4) is 0 Å². The Hall–Kier alpha value is -1.97. The summed E-state index contributed by atoms with van der Waals surface area (Å²) in [5, 5.41) is 4.73. The predicted molar refractivity (Wildman–Crippen MR) is 121 cm³/mol. The fraction of sp³-hybridized carbons (Fsp3) is 0.500. The van der Waals surface area contributed by atoms with Gasteiger partial charge in [-0.1, -0.05) is 25.7 Å². The van der Waals surface area contributed by atoms with E-state index >= 15 is 0 Å². The van der Waals surface area contributed by atoms with Crippen LogP contribution in [0.3, 0.4) is 0 Å². The molecule has 0 unspecified atom stereocenters. The molecular formula is C22H28FN3O3S2. The van der Waals surface area contributed by atoms with Crippen LogP contribution in [-0.4, -0.2) is 50.9 Å². The van der Waals surface area contributed by atoms with Gasteiger partial charge in [-0.05, 0) is 48.6 Å².